The molecule has 2 heterocycles. The van der Waals surface area contributed by atoms with Gasteiger partial charge in [0.1, 0.15) is 17.3 Å². The summed E-state index contributed by atoms with van der Waals surface area (Å²) in [6, 6.07) is 11.6. The average molecular weight is 469 g/mol. The first-order valence-corrected chi connectivity index (χ1v) is 10.2. The number of benzene rings is 2. The number of aryl methyl sites for hydroxylation is 1. The fraction of sp³-hybridized carbons (Fsp3) is 0.174. The van der Waals surface area contributed by atoms with Gasteiger partial charge in [-0.25, -0.2) is 4.79 Å². The molecular formula is C23H21ClN4O5. The molecule has 170 valence electrons. The van der Waals surface area contributed by atoms with Gasteiger partial charge in [-0.2, -0.15) is 0 Å². The molecule has 9 nitrogen and oxygen atoms in total. The normalized spacial score (nSPS) is 10.7. The van der Waals surface area contributed by atoms with Crippen molar-refractivity contribution in [2.24, 2.45) is 0 Å². The van der Waals surface area contributed by atoms with Gasteiger partial charge in [0, 0.05) is 36.8 Å². The molecule has 0 saturated carbocycles. The van der Waals surface area contributed by atoms with Gasteiger partial charge < -0.3 is 18.7 Å². The first-order valence-electron chi connectivity index (χ1n) is 9.85. The lowest BCUT2D eigenvalue weighted by Gasteiger charge is -2.19. The second-order valence-corrected chi connectivity index (χ2v) is 7.47. The largest absolute Gasteiger partial charge is 0.493 e. The molecule has 0 aliphatic heterocycles. The van der Waals surface area contributed by atoms with Gasteiger partial charge in [-0.3, -0.25) is 15.2 Å². The molecule has 33 heavy (non-hydrogen) atoms. The number of carbonyl (C=O) groups excluding carboxylic acids is 1. The molecule has 0 atom stereocenters. The van der Waals surface area contributed by atoms with E-state index >= 15 is 0 Å². The van der Waals surface area contributed by atoms with Crippen molar-refractivity contribution in [2.45, 2.75) is 6.92 Å². The average Bonchev–Trinajstić information content (AvgIpc) is 3.22. The van der Waals surface area contributed by atoms with Crippen molar-refractivity contribution in [1.29, 1.82) is 0 Å². The smallest absolute Gasteiger partial charge is 0.327 e. The molecule has 2 aromatic carbocycles. The molecule has 0 aliphatic carbocycles. The third kappa shape index (κ3) is 4.63. The van der Waals surface area contributed by atoms with Crippen LogP contribution < -0.4 is 24.4 Å². The maximum Gasteiger partial charge on any atom is 0.327 e. The van der Waals surface area contributed by atoms with Crippen molar-refractivity contribution in [3.63, 3.8) is 0 Å². The predicted molar refractivity (Wildman–Crippen MR) is 125 cm³/mol. The molecule has 4 aromatic rings. The van der Waals surface area contributed by atoms with Crippen LogP contribution in [0.1, 0.15) is 5.76 Å². The van der Waals surface area contributed by atoms with E-state index in [0.29, 0.717) is 50.8 Å². The lowest BCUT2D eigenvalue weighted by atomic mass is 10.2. The number of nitrogens with one attached hydrogen (secondary N) is 1. The van der Waals surface area contributed by atoms with E-state index in [9.17, 15) is 4.79 Å². The highest BCUT2D eigenvalue weighted by Crippen LogP contribution is 2.38. The quantitative estimate of drug-likeness (QED) is 0.389. The summed E-state index contributed by atoms with van der Waals surface area (Å²) in [5.41, 5.74) is 1.18. The lowest BCUT2D eigenvalue weighted by Crippen LogP contribution is -2.31. The van der Waals surface area contributed by atoms with E-state index in [1.165, 1.54) is 4.90 Å². The molecule has 0 radical (unpaired) electrons. The van der Waals surface area contributed by atoms with Gasteiger partial charge >= 0.3 is 6.03 Å². The topological polar surface area (TPSA) is 99.0 Å². The van der Waals surface area contributed by atoms with Gasteiger partial charge in [-0.05, 0) is 31.2 Å². The predicted octanol–water partition coefficient (Wildman–Crippen LogP) is 5.66. The van der Waals surface area contributed by atoms with Crippen molar-refractivity contribution >= 4 is 40.0 Å². The third-order valence-corrected chi connectivity index (χ3v) is 5.19. The summed E-state index contributed by atoms with van der Waals surface area (Å²) in [6.07, 6.45) is 1.64. The Kier molecular flexibility index (Phi) is 6.23. The number of nitrogens with zero attached hydrogens (tertiary/aromatic N) is 3. The number of carbonyl (C=O) groups is 1. The van der Waals surface area contributed by atoms with Gasteiger partial charge in [0.15, 0.2) is 17.3 Å². The fourth-order valence-corrected chi connectivity index (χ4v) is 3.51. The number of hydrogen-bond donors (Lipinski definition) is 1. The zero-order valence-corrected chi connectivity index (χ0v) is 19.1. The second kappa shape index (κ2) is 9.25. The number of methoxy groups -OCH3 is 2. The number of aromatic nitrogens is 2. The van der Waals surface area contributed by atoms with Gasteiger partial charge in [-0.15, -0.1) is 0 Å². The summed E-state index contributed by atoms with van der Waals surface area (Å²) < 4.78 is 21.8. The van der Waals surface area contributed by atoms with E-state index in [1.807, 2.05) is 0 Å². The van der Waals surface area contributed by atoms with Crippen LogP contribution in [0.2, 0.25) is 5.02 Å². The molecule has 0 unspecified atom stereocenters. The number of rotatable bonds is 6. The highest BCUT2D eigenvalue weighted by molar-refractivity contribution is 6.34. The third-order valence-electron chi connectivity index (χ3n) is 4.88. The van der Waals surface area contributed by atoms with Gasteiger partial charge in [0.05, 0.1) is 30.4 Å². The summed E-state index contributed by atoms with van der Waals surface area (Å²) in [6.45, 7) is 1.74. The number of hydrogen-bond acceptors (Lipinski definition) is 7. The van der Waals surface area contributed by atoms with Crippen LogP contribution in [0, 0.1) is 6.92 Å². The van der Waals surface area contributed by atoms with E-state index in [4.69, 9.17) is 30.3 Å². The van der Waals surface area contributed by atoms with Gasteiger partial charge in [0.2, 0.25) is 0 Å². The molecule has 1 N–H and O–H groups in total. The second-order valence-electron chi connectivity index (χ2n) is 7.06. The Morgan fingerprint density at radius 1 is 1.06 bits per heavy atom. The van der Waals surface area contributed by atoms with E-state index in [0.717, 1.165) is 5.39 Å². The molecule has 2 amide bonds. The maximum atomic E-state index is 12.5. The van der Waals surface area contributed by atoms with E-state index < -0.39 is 6.03 Å². The maximum absolute atomic E-state index is 12.5. The number of pyridine rings is 1. The zero-order valence-electron chi connectivity index (χ0n) is 18.4. The van der Waals surface area contributed by atoms with Crippen LogP contribution in [0.5, 0.6) is 23.0 Å². The molecule has 0 spiro atoms. The Balaban J connectivity index is 1.57. The van der Waals surface area contributed by atoms with Crippen LogP contribution in [-0.2, 0) is 0 Å². The molecular weight excluding hydrogens is 448 g/mol. The Hall–Kier alpha value is -3.98. The summed E-state index contributed by atoms with van der Waals surface area (Å²) in [5, 5.41) is 7.48. The Morgan fingerprint density at radius 2 is 1.82 bits per heavy atom. The monoisotopic (exact) mass is 468 g/mol. The van der Waals surface area contributed by atoms with Crippen molar-refractivity contribution in [1.82, 2.24) is 10.1 Å². The minimum atomic E-state index is -0.417. The molecule has 0 saturated heterocycles. The summed E-state index contributed by atoms with van der Waals surface area (Å²) >= 11 is 6.46. The van der Waals surface area contributed by atoms with Crippen LogP contribution >= 0.6 is 11.6 Å². The van der Waals surface area contributed by atoms with Crippen LogP contribution in [0.25, 0.3) is 10.9 Å². The van der Waals surface area contributed by atoms with E-state index in [1.54, 1.807) is 76.9 Å². The van der Waals surface area contributed by atoms with Crippen molar-refractivity contribution in [3.8, 4) is 23.0 Å². The van der Waals surface area contributed by atoms with Crippen molar-refractivity contribution < 1.29 is 23.5 Å². The number of urea groups is 1. The number of fused-ring (bicyclic) bond motifs is 1. The first kappa shape index (κ1) is 22.2. The van der Waals surface area contributed by atoms with Crippen LogP contribution in [0.15, 0.2) is 53.2 Å². The SMILES string of the molecule is COc1cc2nccc(Oc3ccc(N(C)C(=O)Nc4cc(C)on4)c(Cl)c3)c2cc1OC. The fourth-order valence-electron chi connectivity index (χ4n) is 3.21. The number of anilines is 2. The highest BCUT2D eigenvalue weighted by atomic mass is 35.5. The molecule has 2 aromatic heterocycles. The number of ether oxygens (including phenoxy) is 3. The molecule has 10 heteroatoms. The molecule has 4 rings (SSSR count). The minimum Gasteiger partial charge on any atom is -0.493 e. The van der Waals surface area contributed by atoms with Crippen LogP contribution in [0.3, 0.4) is 0 Å². The van der Waals surface area contributed by atoms with E-state index in [-0.39, 0.29) is 0 Å². The minimum absolute atomic E-state index is 0.317. The standard InChI is InChI=1S/C23H21ClN4O5/c1-13-9-22(27-33-13)26-23(29)28(2)18-6-5-14(10-16(18)24)32-19-7-8-25-17-12-21(31-4)20(30-3)11-15(17)19/h5-12H,1-4H3,(H,26,27,29). The van der Waals surface area contributed by atoms with Crippen molar-refractivity contribution in [3.05, 3.63) is 59.4 Å². The van der Waals surface area contributed by atoms with Crippen molar-refractivity contribution in [2.75, 3.05) is 31.5 Å². The van der Waals surface area contributed by atoms with Crippen LogP contribution in [-0.4, -0.2) is 37.4 Å². The van der Waals surface area contributed by atoms with E-state index in [2.05, 4.69) is 15.5 Å². The summed E-state index contributed by atoms with van der Waals surface area (Å²) in [7, 11) is 4.73. The lowest BCUT2D eigenvalue weighted by molar-refractivity contribution is 0.257. The Labute approximate surface area is 194 Å². The number of amides is 2. The Morgan fingerprint density at radius 3 is 2.48 bits per heavy atom. The molecule has 0 fully saturated rings. The number of halogens is 1. The summed E-state index contributed by atoms with van der Waals surface area (Å²) in [5.74, 6) is 3.10. The molecule has 0 aliphatic rings. The first-order chi connectivity index (χ1) is 15.9. The Bertz CT molecular complexity index is 1320. The zero-order chi connectivity index (χ0) is 23.5. The molecule has 0 bridgehead atoms. The summed E-state index contributed by atoms with van der Waals surface area (Å²) in [4.78, 5) is 18.3. The van der Waals surface area contributed by atoms with Gasteiger partial charge in [-0.1, -0.05) is 16.8 Å². The highest BCUT2D eigenvalue weighted by Gasteiger charge is 2.17. The van der Waals surface area contributed by atoms with Crippen LogP contribution in [0.4, 0.5) is 16.3 Å². The van der Waals surface area contributed by atoms with Gasteiger partial charge in [0.25, 0.3) is 0 Å².